The normalized spacial score (nSPS) is 10.8. The zero-order valence-electron chi connectivity index (χ0n) is 12.0. The molecule has 0 saturated heterocycles. The minimum atomic E-state index is 0.608. The van der Waals surface area contributed by atoms with Crippen molar-refractivity contribution in [2.45, 2.75) is 13.8 Å². The first kappa shape index (κ1) is 13.7. The Bertz CT molecular complexity index is 806. The fourth-order valence-corrected chi connectivity index (χ4v) is 2.61. The fraction of sp³-hybridized carbons (Fsp3) is 0.118. The van der Waals surface area contributed by atoms with E-state index < -0.39 is 0 Å². The van der Waals surface area contributed by atoms with Gasteiger partial charge in [-0.2, -0.15) is 5.10 Å². The minimum absolute atomic E-state index is 0.608. The molecule has 0 aliphatic rings. The van der Waals surface area contributed by atoms with E-state index in [1.54, 1.807) is 4.68 Å². The predicted molar refractivity (Wildman–Crippen MR) is 87.9 cm³/mol. The van der Waals surface area contributed by atoms with Crippen LogP contribution in [0.15, 0.2) is 48.5 Å². The largest absolute Gasteiger partial charge is 0.384 e. The van der Waals surface area contributed by atoms with Crippen molar-refractivity contribution in [2.24, 2.45) is 0 Å². The Balaban J connectivity index is 2.10. The van der Waals surface area contributed by atoms with E-state index in [0.717, 1.165) is 22.5 Å². The lowest BCUT2D eigenvalue weighted by Gasteiger charge is -2.08. The molecule has 3 rings (SSSR count). The van der Waals surface area contributed by atoms with Gasteiger partial charge in [0, 0.05) is 16.7 Å². The monoisotopic (exact) mass is 297 g/mol. The Morgan fingerprint density at radius 3 is 2.57 bits per heavy atom. The van der Waals surface area contributed by atoms with E-state index in [9.17, 15) is 0 Å². The van der Waals surface area contributed by atoms with Crippen LogP contribution in [-0.4, -0.2) is 9.78 Å². The summed E-state index contributed by atoms with van der Waals surface area (Å²) in [5, 5.41) is 5.30. The lowest BCUT2D eigenvalue weighted by atomic mass is 10.1. The molecule has 0 unspecified atom stereocenters. The number of hydrogen-bond acceptors (Lipinski definition) is 2. The van der Waals surface area contributed by atoms with Crippen LogP contribution in [0.3, 0.4) is 0 Å². The summed E-state index contributed by atoms with van der Waals surface area (Å²) in [6.45, 7) is 4.13. The molecule has 3 nitrogen and oxygen atoms in total. The van der Waals surface area contributed by atoms with Crippen molar-refractivity contribution in [1.82, 2.24) is 9.78 Å². The van der Waals surface area contributed by atoms with Crippen molar-refractivity contribution in [3.8, 4) is 16.9 Å². The van der Waals surface area contributed by atoms with Gasteiger partial charge in [-0.1, -0.05) is 41.4 Å². The van der Waals surface area contributed by atoms with Crippen molar-refractivity contribution in [1.29, 1.82) is 0 Å². The highest BCUT2D eigenvalue weighted by Gasteiger charge is 2.11. The third-order valence-corrected chi connectivity index (χ3v) is 3.67. The summed E-state index contributed by atoms with van der Waals surface area (Å²) in [7, 11) is 0. The Morgan fingerprint density at radius 1 is 1.05 bits per heavy atom. The van der Waals surface area contributed by atoms with Crippen molar-refractivity contribution < 1.29 is 0 Å². The first-order valence-corrected chi connectivity index (χ1v) is 7.11. The van der Waals surface area contributed by atoms with Gasteiger partial charge in [-0.25, -0.2) is 4.68 Å². The maximum Gasteiger partial charge on any atom is 0.127 e. The summed E-state index contributed by atoms with van der Waals surface area (Å²) in [4.78, 5) is 0. The first-order valence-electron chi connectivity index (χ1n) is 6.74. The van der Waals surface area contributed by atoms with E-state index in [4.69, 9.17) is 17.3 Å². The molecule has 0 aliphatic carbocycles. The van der Waals surface area contributed by atoms with Crippen LogP contribution in [0.2, 0.25) is 5.02 Å². The summed E-state index contributed by atoms with van der Waals surface area (Å²) < 4.78 is 1.77. The Hall–Kier alpha value is -2.26. The van der Waals surface area contributed by atoms with Gasteiger partial charge in [0.15, 0.2) is 0 Å². The van der Waals surface area contributed by atoms with Gasteiger partial charge in [0.1, 0.15) is 5.82 Å². The zero-order chi connectivity index (χ0) is 15.0. The van der Waals surface area contributed by atoms with E-state index in [2.05, 4.69) is 31.1 Å². The van der Waals surface area contributed by atoms with Crippen molar-refractivity contribution in [2.75, 3.05) is 5.73 Å². The third-order valence-electron chi connectivity index (χ3n) is 3.44. The first-order chi connectivity index (χ1) is 10.0. The van der Waals surface area contributed by atoms with Gasteiger partial charge < -0.3 is 5.73 Å². The average molecular weight is 298 g/mol. The van der Waals surface area contributed by atoms with Gasteiger partial charge in [0.05, 0.1) is 11.4 Å². The van der Waals surface area contributed by atoms with Gasteiger partial charge in [-0.05, 0) is 37.6 Å². The zero-order valence-corrected chi connectivity index (χ0v) is 12.7. The summed E-state index contributed by atoms with van der Waals surface area (Å²) in [6, 6.07) is 15.7. The standard InChI is InChI=1S/C17H16ClN3/c1-11-6-7-16(12(2)8-11)21-17(19)10-15(20-21)13-4-3-5-14(18)9-13/h3-10H,19H2,1-2H3. The van der Waals surface area contributed by atoms with Crippen molar-refractivity contribution in [3.05, 3.63) is 64.7 Å². The molecule has 0 atom stereocenters. The molecule has 3 aromatic rings. The smallest absolute Gasteiger partial charge is 0.127 e. The van der Waals surface area contributed by atoms with Crippen LogP contribution < -0.4 is 5.73 Å². The summed E-state index contributed by atoms with van der Waals surface area (Å²) in [5.41, 5.74) is 11.2. The van der Waals surface area contributed by atoms with Crippen LogP contribution in [-0.2, 0) is 0 Å². The van der Waals surface area contributed by atoms with E-state index >= 15 is 0 Å². The van der Waals surface area contributed by atoms with Crippen molar-refractivity contribution in [3.63, 3.8) is 0 Å². The molecule has 0 spiro atoms. The van der Waals surface area contributed by atoms with E-state index in [-0.39, 0.29) is 0 Å². The van der Waals surface area contributed by atoms with E-state index in [1.165, 1.54) is 5.56 Å². The molecule has 0 aliphatic heterocycles. The highest BCUT2D eigenvalue weighted by Crippen LogP contribution is 2.26. The molecular weight excluding hydrogens is 282 g/mol. The molecule has 21 heavy (non-hydrogen) atoms. The number of aryl methyl sites for hydroxylation is 2. The summed E-state index contributed by atoms with van der Waals surface area (Å²) >= 11 is 6.04. The minimum Gasteiger partial charge on any atom is -0.384 e. The molecule has 106 valence electrons. The molecular formula is C17H16ClN3. The molecule has 1 heterocycles. The number of anilines is 1. The Kier molecular flexibility index (Phi) is 3.43. The van der Waals surface area contributed by atoms with Gasteiger partial charge in [0.25, 0.3) is 0 Å². The van der Waals surface area contributed by atoms with Crippen LogP contribution in [0, 0.1) is 13.8 Å². The Labute approximate surface area is 129 Å². The fourth-order valence-electron chi connectivity index (χ4n) is 2.42. The second-order valence-corrected chi connectivity index (χ2v) is 5.60. The van der Waals surface area contributed by atoms with Crippen LogP contribution >= 0.6 is 11.6 Å². The third kappa shape index (κ3) is 2.65. The van der Waals surface area contributed by atoms with Crippen LogP contribution in [0.4, 0.5) is 5.82 Å². The quantitative estimate of drug-likeness (QED) is 0.762. The number of rotatable bonds is 2. The predicted octanol–water partition coefficient (Wildman–Crippen LogP) is 4.39. The molecule has 2 N–H and O–H groups in total. The molecule has 0 radical (unpaired) electrons. The molecule has 4 heteroatoms. The second kappa shape index (κ2) is 5.26. The highest BCUT2D eigenvalue weighted by atomic mass is 35.5. The van der Waals surface area contributed by atoms with E-state index in [1.807, 2.05) is 36.4 Å². The number of nitrogens with two attached hydrogens (primary N) is 1. The summed E-state index contributed by atoms with van der Waals surface area (Å²) in [6.07, 6.45) is 0. The lowest BCUT2D eigenvalue weighted by Crippen LogP contribution is -2.03. The number of benzene rings is 2. The molecule has 0 amide bonds. The SMILES string of the molecule is Cc1ccc(-n2nc(-c3cccc(Cl)c3)cc2N)c(C)c1. The maximum atomic E-state index is 6.12. The average Bonchev–Trinajstić information content (AvgIpc) is 2.81. The number of nitrogens with zero attached hydrogens (tertiary/aromatic N) is 2. The van der Waals surface area contributed by atoms with E-state index in [0.29, 0.717) is 10.8 Å². The topological polar surface area (TPSA) is 43.8 Å². The lowest BCUT2D eigenvalue weighted by molar-refractivity contribution is 0.886. The van der Waals surface area contributed by atoms with Crippen LogP contribution in [0.5, 0.6) is 0 Å². The summed E-state index contributed by atoms with van der Waals surface area (Å²) in [5.74, 6) is 0.608. The van der Waals surface area contributed by atoms with Gasteiger partial charge in [-0.3, -0.25) is 0 Å². The molecule has 0 saturated carbocycles. The van der Waals surface area contributed by atoms with Crippen LogP contribution in [0.1, 0.15) is 11.1 Å². The van der Waals surface area contributed by atoms with Gasteiger partial charge in [-0.15, -0.1) is 0 Å². The maximum absolute atomic E-state index is 6.12. The van der Waals surface area contributed by atoms with Gasteiger partial charge >= 0.3 is 0 Å². The molecule has 2 aromatic carbocycles. The second-order valence-electron chi connectivity index (χ2n) is 5.17. The van der Waals surface area contributed by atoms with Crippen molar-refractivity contribution >= 4 is 17.4 Å². The van der Waals surface area contributed by atoms with Gasteiger partial charge in [0.2, 0.25) is 0 Å². The number of nitrogen functional groups attached to an aromatic ring is 1. The number of halogens is 1. The number of aromatic nitrogens is 2. The molecule has 0 fully saturated rings. The molecule has 1 aromatic heterocycles. The highest BCUT2D eigenvalue weighted by molar-refractivity contribution is 6.30. The Morgan fingerprint density at radius 2 is 1.86 bits per heavy atom. The molecule has 0 bridgehead atoms. The number of hydrogen-bond donors (Lipinski definition) is 1. The van der Waals surface area contributed by atoms with Crippen LogP contribution in [0.25, 0.3) is 16.9 Å².